The van der Waals surface area contributed by atoms with Gasteiger partial charge in [-0.1, -0.05) is 212 Å². The van der Waals surface area contributed by atoms with E-state index in [0.29, 0.717) is 25.9 Å². The monoisotopic (exact) mass is 832 g/mol. The molecule has 0 aromatic rings. The summed E-state index contributed by atoms with van der Waals surface area (Å²) in [5, 5.41) is 23.1. The molecule has 0 saturated heterocycles. The topological polar surface area (TPSA) is 95.9 Å². The van der Waals surface area contributed by atoms with Crippen LogP contribution in [0.2, 0.25) is 0 Å². The van der Waals surface area contributed by atoms with E-state index in [1.807, 2.05) is 0 Å². The molecule has 0 bridgehead atoms. The van der Waals surface area contributed by atoms with Crippen molar-refractivity contribution >= 4 is 11.9 Å². The summed E-state index contributed by atoms with van der Waals surface area (Å²) in [6.07, 6.45) is 57.2. The molecule has 3 N–H and O–H groups in total. The molecule has 0 aromatic carbocycles. The lowest BCUT2D eigenvalue weighted by Gasteiger charge is -2.22. The Morgan fingerprint density at radius 3 is 1.20 bits per heavy atom. The molecule has 0 saturated carbocycles. The predicted molar refractivity (Wildman–Crippen MR) is 255 cm³/mol. The number of ether oxygens (including phenoxy) is 1. The summed E-state index contributed by atoms with van der Waals surface area (Å²) in [4.78, 5) is 24.5. The van der Waals surface area contributed by atoms with Gasteiger partial charge in [0.2, 0.25) is 5.91 Å². The van der Waals surface area contributed by atoms with Gasteiger partial charge in [-0.05, 0) is 77.0 Å². The highest BCUT2D eigenvalue weighted by Crippen LogP contribution is 2.16. The van der Waals surface area contributed by atoms with E-state index in [9.17, 15) is 19.8 Å². The van der Waals surface area contributed by atoms with Crippen molar-refractivity contribution < 1.29 is 24.5 Å². The third-order valence-electron chi connectivity index (χ3n) is 12.0. The van der Waals surface area contributed by atoms with Gasteiger partial charge in [0, 0.05) is 12.8 Å². The first-order valence-electron chi connectivity index (χ1n) is 26.1. The van der Waals surface area contributed by atoms with Crippen LogP contribution in [0.3, 0.4) is 0 Å². The second-order valence-electron chi connectivity index (χ2n) is 17.8. The fraction of sp³-hybridized carbons (Fsp3) is 0.887. The van der Waals surface area contributed by atoms with Gasteiger partial charge >= 0.3 is 5.97 Å². The Bertz CT molecular complexity index is 920. The quantitative estimate of drug-likeness (QED) is 0.0322. The number of hydrogen-bond donors (Lipinski definition) is 3. The molecule has 0 heterocycles. The maximum Gasteiger partial charge on any atom is 0.305 e. The van der Waals surface area contributed by atoms with E-state index in [4.69, 9.17) is 4.74 Å². The van der Waals surface area contributed by atoms with E-state index in [1.165, 1.54) is 161 Å². The van der Waals surface area contributed by atoms with Crippen molar-refractivity contribution in [2.45, 2.75) is 289 Å². The number of amides is 1. The lowest BCUT2D eigenvalue weighted by molar-refractivity contribution is -0.143. The van der Waals surface area contributed by atoms with Crippen LogP contribution in [0.5, 0.6) is 0 Å². The standard InChI is InChI=1S/C53H101NO5/c1-3-5-7-9-11-13-15-17-18-19-20-21-22-23-27-31-35-39-43-47-53(58)59-48-44-40-36-32-28-24-26-30-34-38-42-46-52(57)54-50(49-55)51(56)45-41-37-33-29-25-16-14-12-10-8-6-4-2/h17-18,28,32,50-51,55-56H,3-16,19-27,29-31,33-49H2,1-2H3,(H,54,57)/b18-17-,32-28-. The predicted octanol–water partition coefficient (Wildman–Crippen LogP) is 15.5. The first kappa shape index (κ1) is 57.3. The van der Waals surface area contributed by atoms with E-state index in [-0.39, 0.29) is 18.5 Å². The zero-order valence-electron chi connectivity index (χ0n) is 39.5. The van der Waals surface area contributed by atoms with Gasteiger partial charge < -0.3 is 20.3 Å². The highest BCUT2D eigenvalue weighted by atomic mass is 16.5. The molecule has 0 radical (unpaired) electrons. The maximum atomic E-state index is 12.4. The summed E-state index contributed by atoms with van der Waals surface area (Å²) in [7, 11) is 0. The Morgan fingerprint density at radius 1 is 0.458 bits per heavy atom. The number of aliphatic hydroxyl groups is 2. The lowest BCUT2D eigenvalue weighted by atomic mass is 10.0. The summed E-state index contributed by atoms with van der Waals surface area (Å²) in [6, 6.07) is -0.561. The number of rotatable bonds is 48. The minimum absolute atomic E-state index is 0.0319. The first-order chi connectivity index (χ1) is 29.0. The molecule has 348 valence electrons. The fourth-order valence-electron chi connectivity index (χ4n) is 7.92. The number of hydrogen-bond acceptors (Lipinski definition) is 5. The molecule has 2 unspecified atom stereocenters. The van der Waals surface area contributed by atoms with Crippen molar-refractivity contribution in [2.24, 2.45) is 0 Å². The number of carbonyl (C=O) groups is 2. The summed E-state index contributed by atoms with van der Waals surface area (Å²) >= 11 is 0. The highest BCUT2D eigenvalue weighted by molar-refractivity contribution is 5.76. The summed E-state index contributed by atoms with van der Waals surface area (Å²) in [5.74, 6) is -0.0966. The van der Waals surface area contributed by atoms with Crippen molar-refractivity contribution in [1.29, 1.82) is 0 Å². The van der Waals surface area contributed by atoms with Crippen LogP contribution >= 0.6 is 0 Å². The third-order valence-corrected chi connectivity index (χ3v) is 12.0. The number of nitrogens with one attached hydrogen (secondary N) is 1. The Kier molecular flexibility index (Phi) is 47.6. The summed E-state index contributed by atoms with van der Waals surface area (Å²) in [6.45, 7) is 4.87. The third kappa shape index (κ3) is 45.7. The van der Waals surface area contributed by atoms with Crippen LogP contribution in [0.15, 0.2) is 24.3 Å². The summed E-state index contributed by atoms with van der Waals surface area (Å²) < 4.78 is 5.45. The van der Waals surface area contributed by atoms with E-state index >= 15 is 0 Å². The SMILES string of the molecule is CCCCCCCC/C=C\CCCCCCCCCCCC(=O)OCCCC/C=C\CCCCCCCC(=O)NC(CO)C(O)CCCCCCCCCCCCCC. The maximum absolute atomic E-state index is 12.4. The lowest BCUT2D eigenvalue weighted by Crippen LogP contribution is -2.45. The van der Waals surface area contributed by atoms with Gasteiger partial charge in [-0.25, -0.2) is 0 Å². The molecule has 6 heteroatoms. The van der Waals surface area contributed by atoms with E-state index in [0.717, 1.165) is 83.5 Å². The molecule has 59 heavy (non-hydrogen) atoms. The van der Waals surface area contributed by atoms with Gasteiger partial charge in [0.15, 0.2) is 0 Å². The number of allylic oxidation sites excluding steroid dienone is 4. The fourth-order valence-corrected chi connectivity index (χ4v) is 7.92. The van der Waals surface area contributed by atoms with Crippen molar-refractivity contribution in [1.82, 2.24) is 5.32 Å². The highest BCUT2D eigenvalue weighted by Gasteiger charge is 2.20. The number of esters is 1. The van der Waals surface area contributed by atoms with Crippen LogP contribution in [-0.2, 0) is 14.3 Å². The molecule has 0 rings (SSSR count). The molecule has 0 aromatic heterocycles. The molecule has 2 atom stereocenters. The molecule has 0 aliphatic rings. The van der Waals surface area contributed by atoms with E-state index < -0.39 is 12.1 Å². The van der Waals surface area contributed by atoms with Gasteiger partial charge in [0.05, 0.1) is 25.4 Å². The average Bonchev–Trinajstić information content (AvgIpc) is 3.24. The molecule has 0 spiro atoms. The molecule has 0 fully saturated rings. The van der Waals surface area contributed by atoms with Gasteiger partial charge in [0.1, 0.15) is 0 Å². The molecule has 1 amide bonds. The van der Waals surface area contributed by atoms with Crippen LogP contribution in [-0.4, -0.2) is 47.4 Å². The minimum atomic E-state index is -0.681. The van der Waals surface area contributed by atoms with Crippen molar-refractivity contribution in [3.05, 3.63) is 24.3 Å². The van der Waals surface area contributed by atoms with Crippen LogP contribution < -0.4 is 5.32 Å². The van der Waals surface area contributed by atoms with Crippen molar-refractivity contribution in [2.75, 3.05) is 13.2 Å². The number of aliphatic hydroxyl groups excluding tert-OH is 2. The minimum Gasteiger partial charge on any atom is -0.466 e. The second kappa shape index (κ2) is 49.0. The van der Waals surface area contributed by atoms with E-state index in [2.05, 4.69) is 43.5 Å². The Balaban J connectivity index is 3.48. The molecular weight excluding hydrogens is 731 g/mol. The van der Waals surface area contributed by atoms with Crippen LogP contribution in [0, 0.1) is 0 Å². The number of unbranched alkanes of at least 4 members (excludes halogenated alkanes) is 33. The Morgan fingerprint density at radius 2 is 0.797 bits per heavy atom. The molecular formula is C53H101NO5. The Labute approximate surface area is 367 Å². The normalized spacial score (nSPS) is 12.8. The number of carbonyl (C=O) groups excluding carboxylic acids is 2. The van der Waals surface area contributed by atoms with Gasteiger partial charge in [-0.2, -0.15) is 0 Å². The second-order valence-corrected chi connectivity index (χ2v) is 17.8. The van der Waals surface area contributed by atoms with Gasteiger partial charge in [-0.15, -0.1) is 0 Å². The van der Waals surface area contributed by atoms with E-state index in [1.54, 1.807) is 0 Å². The molecule has 0 aliphatic carbocycles. The zero-order chi connectivity index (χ0) is 43.0. The van der Waals surface area contributed by atoms with Gasteiger partial charge in [0.25, 0.3) is 0 Å². The average molecular weight is 832 g/mol. The van der Waals surface area contributed by atoms with Crippen molar-refractivity contribution in [3.8, 4) is 0 Å². The summed E-state index contributed by atoms with van der Waals surface area (Å²) in [5.41, 5.74) is 0. The van der Waals surface area contributed by atoms with Crippen LogP contribution in [0.1, 0.15) is 277 Å². The largest absolute Gasteiger partial charge is 0.466 e. The smallest absolute Gasteiger partial charge is 0.305 e. The van der Waals surface area contributed by atoms with Gasteiger partial charge in [-0.3, -0.25) is 9.59 Å². The van der Waals surface area contributed by atoms with Crippen LogP contribution in [0.25, 0.3) is 0 Å². The zero-order valence-corrected chi connectivity index (χ0v) is 39.5. The van der Waals surface area contributed by atoms with Crippen molar-refractivity contribution in [3.63, 3.8) is 0 Å². The Hall–Kier alpha value is -1.66. The first-order valence-corrected chi connectivity index (χ1v) is 26.1. The molecule has 0 aliphatic heterocycles. The van der Waals surface area contributed by atoms with Crippen LogP contribution in [0.4, 0.5) is 0 Å². The molecule has 6 nitrogen and oxygen atoms in total.